The summed E-state index contributed by atoms with van der Waals surface area (Å²) < 4.78 is 29.7. The van der Waals surface area contributed by atoms with Crippen LogP contribution >= 0.6 is 0 Å². The van der Waals surface area contributed by atoms with Gasteiger partial charge in [-0.2, -0.15) is 0 Å². The van der Waals surface area contributed by atoms with Crippen LogP contribution in [0.25, 0.3) is 0 Å². The van der Waals surface area contributed by atoms with Gasteiger partial charge in [0.15, 0.2) is 0 Å². The van der Waals surface area contributed by atoms with Crippen molar-refractivity contribution in [2.45, 2.75) is 16.7 Å². The highest BCUT2D eigenvalue weighted by molar-refractivity contribution is 7.91. The van der Waals surface area contributed by atoms with Crippen LogP contribution in [-0.2, 0) is 14.6 Å². The molecule has 110 valence electrons. The lowest BCUT2D eigenvalue weighted by molar-refractivity contribution is -0.114. The fraction of sp³-hybridized carbons (Fsp3) is 0.143. The first kappa shape index (κ1) is 15.0. The number of aromatic nitrogens is 1. The van der Waals surface area contributed by atoms with E-state index in [4.69, 9.17) is 4.74 Å². The monoisotopic (exact) mass is 306 g/mol. The van der Waals surface area contributed by atoms with Crippen LogP contribution in [0.5, 0.6) is 5.88 Å². The fourth-order valence-corrected chi connectivity index (χ4v) is 2.91. The third-order valence-electron chi connectivity index (χ3n) is 2.71. The van der Waals surface area contributed by atoms with Crippen molar-refractivity contribution >= 4 is 21.4 Å². The maximum absolute atomic E-state index is 12.4. The standard InChI is InChI=1S/C14H14N2O4S/c1-10(17)16-11-3-5-12(6-4-11)21(18,19)13-7-8-14(20-2)15-9-13/h3-9H,1-2H3,(H,16,17). The average molecular weight is 306 g/mol. The molecule has 1 N–H and O–H groups in total. The molecule has 6 nitrogen and oxygen atoms in total. The number of rotatable bonds is 4. The summed E-state index contributed by atoms with van der Waals surface area (Å²) in [6, 6.07) is 8.85. The van der Waals surface area contributed by atoms with Crippen LogP contribution in [0.3, 0.4) is 0 Å². The van der Waals surface area contributed by atoms with E-state index in [1.54, 1.807) is 0 Å². The van der Waals surface area contributed by atoms with Gasteiger partial charge in [0, 0.05) is 24.9 Å². The molecule has 2 aromatic rings. The van der Waals surface area contributed by atoms with Gasteiger partial charge in [0.1, 0.15) is 0 Å². The Morgan fingerprint density at radius 1 is 1.10 bits per heavy atom. The molecule has 0 radical (unpaired) electrons. The lowest BCUT2D eigenvalue weighted by atomic mass is 10.3. The van der Waals surface area contributed by atoms with Crippen LogP contribution in [0.2, 0.25) is 0 Å². The van der Waals surface area contributed by atoms with E-state index in [1.807, 2.05) is 0 Å². The van der Waals surface area contributed by atoms with Crippen molar-refractivity contribution in [3.63, 3.8) is 0 Å². The Bertz CT molecular complexity index is 738. The summed E-state index contributed by atoms with van der Waals surface area (Å²) in [5.41, 5.74) is 0.536. The van der Waals surface area contributed by atoms with E-state index in [2.05, 4.69) is 10.3 Å². The van der Waals surface area contributed by atoms with Crippen molar-refractivity contribution in [2.24, 2.45) is 0 Å². The maximum atomic E-state index is 12.4. The van der Waals surface area contributed by atoms with Crippen LogP contribution in [0.15, 0.2) is 52.4 Å². The zero-order valence-electron chi connectivity index (χ0n) is 11.5. The van der Waals surface area contributed by atoms with Gasteiger partial charge >= 0.3 is 0 Å². The summed E-state index contributed by atoms with van der Waals surface area (Å²) in [6.45, 7) is 1.38. The number of carbonyl (C=O) groups excluding carboxylic acids is 1. The summed E-state index contributed by atoms with van der Waals surface area (Å²) in [6.07, 6.45) is 1.25. The average Bonchev–Trinajstić information content (AvgIpc) is 2.47. The second kappa shape index (κ2) is 5.92. The molecular weight excluding hydrogens is 292 g/mol. The topological polar surface area (TPSA) is 85.4 Å². The minimum Gasteiger partial charge on any atom is -0.481 e. The van der Waals surface area contributed by atoms with Gasteiger partial charge in [-0.05, 0) is 30.3 Å². The first-order chi connectivity index (χ1) is 9.93. The molecule has 0 saturated heterocycles. The van der Waals surface area contributed by atoms with E-state index < -0.39 is 9.84 Å². The highest BCUT2D eigenvalue weighted by Crippen LogP contribution is 2.22. The van der Waals surface area contributed by atoms with E-state index in [1.165, 1.54) is 56.6 Å². The molecule has 0 aliphatic carbocycles. The minimum atomic E-state index is -3.64. The number of anilines is 1. The summed E-state index contributed by atoms with van der Waals surface area (Å²) in [5.74, 6) is 0.125. The molecule has 0 saturated carbocycles. The Kier molecular flexibility index (Phi) is 4.23. The number of amides is 1. The molecule has 2 rings (SSSR count). The van der Waals surface area contributed by atoms with E-state index in [9.17, 15) is 13.2 Å². The molecule has 0 bridgehead atoms. The van der Waals surface area contributed by atoms with Crippen LogP contribution in [0.1, 0.15) is 6.92 Å². The van der Waals surface area contributed by atoms with Crippen molar-refractivity contribution < 1.29 is 17.9 Å². The second-order valence-corrected chi connectivity index (χ2v) is 6.19. The smallest absolute Gasteiger partial charge is 0.221 e. The first-order valence-corrected chi connectivity index (χ1v) is 7.54. The zero-order chi connectivity index (χ0) is 15.5. The fourth-order valence-electron chi connectivity index (χ4n) is 1.70. The predicted octanol–water partition coefficient (Wildman–Crippen LogP) is 1.88. The molecule has 1 heterocycles. The van der Waals surface area contributed by atoms with Crippen molar-refractivity contribution in [1.82, 2.24) is 4.98 Å². The number of carbonyl (C=O) groups is 1. The van der Waals surface area contributed by atoms with Gasteiger partial charge in [-0.1, -0.05) is 0 Å². The van der Waals surface area contributed by atoms with Gasteiger partial charge in [0.05, 0.1) is 16.9 Å². The van der Waals surface area contributed by atoms with Gasteiger partial charge in [0.25, 0.3) is 0 Å². The zero-order valence-corrected chi connectivity index (χ0v) is 12.3. The summed E-state index contributed by atoms with van der Waals surface area (Å²) in [5, 5.41) is 2.58. The number of nitrogens with zero attached hydrogens (tertiary/aromatic N) is 1. The van der Waals surface area contributed by atoms with Crippen LogP contribution < -0.4 is 10.1 Å². The molecule has 0 fully saturated rings. The number of methoxy groups -OCH3 is 1. The highest BCUT2D eigenvalue weighted by atomic mass is 32.2. The molecule has 0 aliphatic rings. The van der Waals surface area contributed by atoms with Crippen molar-refractivity contribution in [3.8, 4) is 5.88 Å². The van der Waals surface area contributed by atoms with Crippen molar-refractivity contribution in [1.29, 1.82) is 0 Å². The lowest BCUT2D eigenvalue weighted by Crippen LogP contribution is -2.06. The molecule has 1 aromatic heterocycles. The summed E-state index contributed by atoms with van der Waals surface area (Å²) in [4.78, 5) is 15.0. The van der Waals surface area contributed by atoms with Crippen LogP contribution in [0, 0.1) is 0 Å². The van der Waals surface area contributed by atoms with E-state index in [0.717, 1.165) is 0 Å². The minimum absolute atomic E-state index is 0.0792. The molecule has 1 amide bonds. The van der Waals surface area contributed by atoms with Gasteiger partial charge in [-0.25, -0.2) is 13.4 Å². The maximum Gasteiger partial charge on any atom is 0.221 e. The van der Waals surface area contributed by atoms with E-state index in [-0.39, 0.29) is 15.7 Å². The number of benzene rings is 1. The van der Waals surface area contributed by atoms with Gasteiger partial charge < -0.3 is 10.1 Å². The van der Waals surface area contributed by atoms with Gasteiger partial charge in [-0.15, -0.1) is 0 Å². The third kappa shape index (κ3) is 3.38. The van der Waals surface area contributed by atoms with Gasteiger partial charge in [0.2, 0.25) is 21.6 Å². The molecule has 7 heteroatoms. The summed E-state index contributed by atoms with van der Waals surface area (Å²) in [7, 11) is -2.18. The molecule has 1 aromatic carbocycles. The molecule has 0 aliphatic heterocycles. The Hall–Kier alpha value is -2.41. The Morgan fingerprint density at radius 2 is 1.71 bits per heavy atom. The van der Waals surface area contributed by atoms with Crippen molar-refractivity contribution in [3.05, 3.63) is 42.6 Å². The normalized spacial score (nSPS) is 11.0. The molecule has 0 spiro atoms. The third-order valence-corrected chi connectivity index (χ3v) is 4.47. The molecule has 21 heavy (non-hydrogen) atoms. The quantitative estimate of drug-likeness (QED) is 0.932. The Morgan fingerprint density at radius 3 is 2.19 bits per heavy atom. The number of hydrogen-bond acceptors (Lipinski definition) is 5. The van der Waals surface area contributed by atoms with E-state index in [0.29, 0.717) is 11.6 Å². The Labute approximate surface area is 122 Å². The second-order valence-electron chi connectivity index (χ2n) is 4.25. The number of sulfone groups is 1. The van der Waals surface area contributed by atoms with Crippen LogP contribution in [-0.4, -0.2) is 26.4 Å². The van der Waals surface area contributed by atoms with Crippen LogP contribution in [0.4, 0.5) is 5.69 Å². The summed E-state index contributed by atoms with van der Waals surface area (Å²) >= 11 is 0. The number of hydrogen-bond donors (Lipinski definition) is 1. The molecule has 0 atom stereocenters. The predicted molar refractivity (Wildman–Crippen MR) is 77.0 cm³/mol. The SMILES string of the molecule is COc1ccc(S(=O)(=O)c2ccc(NC(C)=O)cc2)cn1. The largest absolute Gasteiger partial charge is 0.481 e. The Balaban J connectivity index is 2.32. The highest BCUT2D eigenvalue weighted by Gasteiger charge is 2.18. The van der Waals surface area contributed by atoms with Gasteiger partial charge in [-0.3, -0.25) is 4.79 Å². The molecule has 0 unspecified atom stereocenters. The first-order valence-electron chi connectivity index (χ1n) is 6.06. The lowest BCUT2D eigenvalue weighted by Gasteiger charge is -2.07. The number of pyridine rings is 1. The molecular formula is C14H14N2O4S. The number of ether oxygens (including phenoxy) is 1. The number of nitrogens with one attached hydrogen (secondary N) is 1. The van der Waals surface area contributed by atoms with E-state index >= 15 is 0 Å². The van der Waals surface area contributed by atoms with Crippen molar-refractivity contribution in [2.75, 3.05) is 12.4 Å².